The summed E-state index contributed by atoms with van der Waals surface area (Å²) in [4.78, 5) is 11.3. The van der Waals surface area contributed by atoms with Crippen LogP contribution in [-0.2, 0) is 0 Å². The molecule has 2 nitrogen and oxygen atoms in total. The lowest BCUT2D eigenvalue weighted by molar-refractivity contribution is 0.0994. The molecule has 1 aliphatic carbocycles. The highest BCUT2D eigenvalue weighted by Crippen LogP contribution is 2.23. The predicted molar refractivity (Wildman–Crippen MR) is 48.8 cm³/mol. The molecular weight excluding hydrogens is 150 g/mol. The first-order valence-corrected chi connectivity index (χ1v) is 3.87. The van der Waals surface area contributed by atoms with Crippen molar-refractivity contribution >= 4 is 17.5 Å². The van der Waals surface area contributed by atoms with E-state index in [0.717, 1.165) is 11.1 Å². The molecule has 0 atom stereocenters. The zero-order valence-corrected chi connectivity index (χ0v) is 6.58. The molecule has 2 rings (SSSR count). The van der Waals surface area contributed by atoms with Gasteiger partial charge in [0, 0.05) is 23.2 Å². The number of carbonyl (C=O) groups excluding carboxylic acids is 1. The molecule has 0 saturated carbocycles. The van der Waals surface area contributed by atoms with Crippen LogP contribution in [0.5, 0.6) is 0 Å². The van der Waals surface area contributed by atoms with Crippen molar-refractivity contribution in [2.75, 3.05) is 5.73 Å². The fraction of sp³-hybridized carbons (Fsp3) is 0.100. The van der Waals surface area contributed by atoms with E-state index in [1.807, 2.05) is 30.4 Å². The fourth-order valence-electron chi connectivity index (χ4n) is 1.41. The van der Waals surface area contributed by atoms with Gasteiger partial charge in [-0.3, -0.25) is 4.79 Å². The maximum Gasteiger partial charge on any atom is 0.167 e. The van der Waals surface area contributed by atoms with Crippen LogP contribution in [0.3, 0.4) is 0 Å². The minimum atomic E-state index is 0.153. The number of benzene rings is 1. The number of fused-ring (bicyclic) bond motifs is 1. The molecule has 0 spiro atoms. The molecule has 0 fully saturated rings. The van der Waals surface area contributed by atoms with Crippen molar-refractivity contribution in [2.24, 2.45) is 0 Å². The van der Waals surface area contributed by atoms with E-state index in [-0.39, 0.29) is 5.78 Å². The van der Waals surface area contributed by atoms with Gasteiger partial charge in [-0.25, -0.2) is 0 Å². The predicted octanol–water partition coefficient (Wildman–Crippen LogP) is 1.87. The van der Waals surface area contributed by atoms with E-state index >= 15 is 0 Å². The number of nitrogen functional groups attached to an aromatic ring is 1. The van der Waals surface area contributed by atoms with E-state index in [1.165, 1.54) is 0 Å². The molecule has 1 aromatic rings. The Labute approximate surface area is 70.7 Å². The van der Waals surface area contributed by atoms with Crippen LogP contribution in [0.15, 0.2) is 24.3 Å². The average molecular weight is 159 g/mol. The number of hydrogen-bond acceptors (Lipinski definition) is 2. The second-order valence-corrected chi connectivity index (χ2v) is 2.84. The van der Waals surface area contributed by atoms with Crippen molar-refractivity contribution < 1.29 is 4.79 Å². The first kappa shape index (κ1) is 7.10. The number of hydrogen-bond donors (Lipinski definition) is 1. The van der Waals surface area contributed by atoms with Crippen LogP contribution in [0.4, 0.5) is 5.69 Å². The largest absolute Gasteiger partial charge is 0.398 e. The maximum atomic E-state index is 11.3. The van der Waals surface area contributed by atoms with E-state index < -0.39 is 0 Å². The summed E-state index contributed by atoms with van der Waals surface area (Å²) in [6, 6.07) is 5.44. The Hall–Kier alpha value is -1.57. The first-order chi connectivity index (χ1) is 5.79. The van der Waals surface area contributed by atoms with Gasteiger partial charge in [0.05, 0.1) is 0 Å². The lowest BCUT2D eigenvalue weighted by Crippen LogP contribution is -2.06. The van der Waals surface area contributed by atoms with Gasteiger partial charge in [0.1, 0.15) is 0 Å². The van der Waals surface area contributed by atoms with Gasteiger partial charge in [0.2, 0.25) is 0 Å². The van der Waals surface area contributed by atoms with Crippen molar-refractivity contribution in [1.29, 1.82) is 0 Å². The molecule has 0 aromatic heterocycles. The van der Waals surface area contributed by atoms with Crippen LogP contribution in [0.1, 0.15) is 22.3 Å². The molecule has 0 radical (unpaired) electrons. The maximum absolute atomic E-state index is 11.3. The summed E-state index contributed by atoms with van der Waals surface area (Å²) in [5.41, 5.74) is 7.99. The average Bonchev–Trinajstić information content (AvgIpc) is 2.07. The third-order valence-electron chi connectivity index (χ3n) is 2.03. The number of ketones is 1. The van der Waals surface area contributed by atoms with Gasteiger partial charge in [-0.2, -0.15) is 0 Å². The Bertz CT molecular complexity index is 366. The van der Waals surface area contributed by atoms with Gasteiger partial charge in [-0.05, 0) is 6.07 Å². The number of rotatable bonds is 0. The second-order valence-electron chi connectivity index (χ2n) is 2.84. The van der Waals surface area contributed by atoms with Gasteiger partial charge in [-0.15, -0.1) is 0 Å². The van der Waals surface area contributed by atoms with E-state index in [9.17, 15) is 4.79 Å². The molecule has 2 heteroatoms. The van der Waals surface area contributed by atoms with Gasteiger partial charge in [0.15, 0.2) is 5.78 Å². The summed E-state index contributed by atoms with van der Waals surface area (Å²) in [5, 5.41) is 0. The first-order valence-electron chi connectivity index (χ1n) is 3.87. The molecule has 0 amide bonds. The molecule has 0 aliphatic heterocycles. The Morgan fingerprint density at radius 2 is 2.17 bits per heavy atom. The van der Waals surface area contributed by atoms with E-state index in [2.05, 4.69) is 0 Å². The van der Waals surface area contributed by atoms with Crippen molar-refractivity contribution in [3.05, 3.63) is 35.4 Å². The lowest BCUT2D eigenvalue weighted by Gasteiger charge is -2.10. The highest BCUT2D eigenvalue weighted by Gasteiger charge is 2.13. The van der Waals surface area contributed by atoms with Crippen LogP contribution in [0.2, 0.25) is 0 Å². The molecule has 0 bridgehead atoms. The van der Waals surface area contributed by atoms with Crippen molar-refractivity contribution in [3.63, 3.8) is 0 Å². The van der Waals surface area contributed by atoms with Crippen LogP contribution in [-0.4, -0.2) is 5.78 Å². The number of Topliss-reactive ketones (excluding diaryl/α,β-unsaturated/α-hetero) is 1. The second kappa shape index (κ2) is 2.48. The summed E-state index contributed by atoms with van der Waals surface area (Å²) < 4.78 is 0. The highest BCUT2D eigenvalue weighted by atomic mass is 16.1. The molecule has 1 aromatic carbocycles. The summed E-state index contributed by atoms with van der Waals surface area (Å²) >= 11 is 0. The van der Waals surface area contributed by atoms with Gasteiger partial charge < -0.3 is 5.73 Å². The number of carbonyl (C=O) groups is 1. The number of anilines is 1. The molecule has 0 saturated heterocycles. The zero-order valence-electron chi connectivity index (χ0n) is 6.58. The van der Waals surface area contributed by atoms with Crippen LogP contribution in [0.25, 0.3) is 6.08 Å². The third kappa shape index (κ3) is 0.925. The molecule has 12 heavy (non-hydrogen) atoms. The summed E-state index contributed by atoms with van der Waals surface area (Å²) in [6.07, 6.45) is 4.25. The summed E-state index contributed by atoms with van der Waals surface area (Å²) in [5.74, 6) is 0.153. The summed E-state index contributed by atoms with van der Waals surface area (Å²) in [6.45, 7) is 0. The normalized spacial score (nSPS) is 14.5. The topological polar surface area (TPSA) is 43.1 Å². The van der Waals surface area contributed by atoms with Crippen LogP contribution < -0.4 is 5.73 Å². The smallest absolute Gasteiger partial charge is 0.167 e. The van der Waals surface area contributed by atoms with Crippen molar-refractivity contribution in [2.45, 2.75) is 6.42 Å². The minimum Gasteiger partial charge on any atom is -0.398 e. The Morgan fingerprint density at radius 3 is 2.92 bits per heavy atom. The molecule has 0 unspecified atom stereocenters. The van der Waals surface area contributed by atoms with E-state index in [0.29, 0.717) is 12.1 Å². The summed E-state index contributed by atoms with van der Waals surface area (Å²) in [7, 11) is 0. The standard InChI is InChI=1S/C10H9NO/c11-9-5-1-4-8-7(9)3-2-6-10(8)12/h1-5H,6,11H2. The number of allylic oxidation sites excluding steroid dienone is 1. The van der Waals surface area contributed by atoms with Crippen molar-refractivity contribution in [1.82, 2.24) is 0 Å². The lowest BCUT2D eigenvalue weighted by atomic mass is 9.95. The SMILES string of the molecule is Nc1cccc2c1C=CCC2=O. The van der Waals surface area contributed by atoms with Crippen LogP contribution in [0, 0.1) is 0 Å². The Kier molecular flexibility index (Phi) is 1.47. The van der Waals surface area contributed by atoms with Crippen molar-refractivity contribution in [3.8, 4) is 0 Å². The third-order valence-corrected chi connectivity index (χ3v) is 2.03. The highest BCUT2D eigenvalue weighted by molar-refractivity contribution is 6.04. The van der Waals surface area contributed by atoms with E-state index in [1.54, 1.807) is 0 Å². The monoisotopic (exact) mass is 159 g/mol. The quantitative estimate of drug-likeness (QED) is 0.587. The van der Waals surface area contributed by atoms with Gasteiger partial charge in [0.25, 0.3) is 0 Å². The Morgan fingerprint density at radius 1 is 1.33 bits per heavy atom. The number of nitrogens with two attached hydrogens (primary N) is 1. The molecule has 0 heterocycles. The molecular formula is C10H9NO. The fourth-order valence-corrected chi connectivity index (χ4v) is 1.41. The zero-order chi connectivity index (χ0) is 8.55. The van der Waals surface area contributed by atoms with Gasteiger partial charge in [-0.1, -0.05) is 24.3 Å². The minimum absolute atomic E-state index is 0.153. The van der Waals surface area contributed by atoms with Crippen LogP contribution >= 0.6 is 0 Å². The van der Waals surface area contributed by atoms with E-state index in [4.69, 9.17) is 5.73 Å². The molecule has 2 N–H and O–H groups in total. The molecule has 60 valence electrons. The molecule has 1 aliphatic rings. The Balaban J connectivity index is 2.69. The van der Waals surface area contributed by atoms with Gasteiger partial charge >= 0.3 is 0 Å².